The molecule has 2 aromatic rings. The molecule has 0 spiro atoms. The number of carboxylic acids is 1. The molecule has 12 nitrogen and oxygen atoms in total. The fourth-order valence-electron chi connectivity index (χ4n) is 3.94. The monoisotopic (exact) mass is 517 g/mol. The van der Waals surface area contributed by atoms with E-state index in [4.69, 9.17) is 17.2 Å². The van der Waals surface area contributed by atoms with E-state index in [2.05, 4.69) is 20.9 Å². The van der Waals surface area contributed by atoms with Gasteiger partial charge in [0, 0.05) is 23.5 Å². The van der Waals surface area contributed by atoms with E-state index in [-0.39, 0.29) is 19.4 Å². The average molecular weight is 518 g/mol. The molecule has 204 valence electrons. The Morgan fingerprint density at radius 3 is 2.24 bits per heavy atom. The van der Waals surface area contributed by atoms with Crippen LogP contribution >= 0.6 is 0 Å². The van der Waals surface area contributed by atoms with Gasteiger partial charge in [-0.15, -0.1) is 0 Å². The number of carbonyl (C=O) groups excluding carboxylic acids is 3. The van der Waals surface area contributed by atoms with Crippen molar-refractivity contribution in [1.29, 1.82) is 0 Å². The SMILES string of the molecule is NCCCCC(N)C(=O)NCC(=O)NC(CCCCN)C(=O)NC(Cc1c[nH]c2ccccc12)C(=O)O. The van der Waals surface area contributed by atoms with Crippen molar-refractivity contribution in [3.8, 4) is 0 Å². The van der Waals surface area contributed by atoms with Crippen LogP contribution in [0.4, 0.5) is 0 Å². The fourth-order valence-corrected chi connectivity index (χ4v) is 3.94. The maximum atomic E-state index is 13.0. The number of carbonyl (C=O) groups is 4. The molecule has 3 unspecified atom stereocenters. The van der Waals surface area contributed by atoms with E-state index in [0.29, 0.717) is 38.8 Å². The van der Waals surface area contributed by atoms with E-state index in [1.165, 1.54) is 0 Å². The number of aromatic nitrogens is 1. The molecule has 1 heterocycles. The number of hydrogen-bond donors (Lipinski definition) is 8. The van der Waals surface area contributed by atoms with Crippen LogP contribution in [0.15, 0.2) is 30.5 Å². The third-order valence-corrected chi connectivity index (χ3v) is 6.04. The molecule has 0 fully saturated rings. The second kappa shape index (κ2) is 15.6. The van der Waals surface area contributed by atoms with E-state index in [1.54, 1.807) is 6.20 Å². The second-order valence-corrected chi connectivity index (χ2v) is 8.98. The molecule has 2 rings (SSSR count). The fraction of sp³-hybridized carbons (Fsp3) is 0.520. The number of aliphatic carboxylic acids is 1. The highest BCUT2D eigenvalue weighted by Gasteiger charge is 2.27. The molecule has 0 aliphatic carbocycles. The lowest BCUT2D eigenvalue weighted by Gasteiger charge is -2.22. The van der Waals surface area contributed by atoms with E-state index < -0.39 is 41.8 Å². The smallest absolute Gasteiger partial charge is 0.326 e. The summed E-state index contributed by atoms with van der Waals surface area (Å²) in [6, 6.07) is 4.52. The highest BCUT2D eigenvalue weighted by Crippen LogP contribution is 2.19. The number of H-pyrrole nitrogens is 1. The Bertz CT molecular complexity index is 1040. The van der Waals surface area contributed by atoms with Gasteiger partial charge in [-0.2, -0.15) is 0 Å². The lowest BCUT2D eigenvalue weighted by atomic mass is 10.0. The first kappa shape index (κ1) is 29.7. The zero-order valence-electron chi connectivity index (χ0n) is 21.0. The molecule has 12 heteroatoms. The van der Waals surface area contributed by atoms with Crippen LogP contribution in [-0.4, -0.2) is 71.5 Å². The zero-order chi connectivity index (χ0) is 27.2. The Kier molecular flexibility index (Phi) is 12.5. The molecular weight excluding hydrogens is 478 g/mol. The van der Waals surface area contributed by atoms with Crippen molar-refractivity contribution >= 4 is 34.6 Å². The third-order valence-electron chi connectivity index (χ3n) is 6.04. The summed E-state index contributed by atoms with van der Waals surface area (Å²) in [4.78, 5) is 52.7. The summed E-state index contributed by atoms with van der Waals surface area (Å²) in [6.07, 6.45) is 5.12. The van der Waals surface area contributed by atoms with Gasteiger partial charge in [0.15, 0.2) is 0 Å². The van der Waals surface area contributed by atoms with Crippen LogP contribution in [0.25, 0.3) is 10.9 Å². The van der Waals surface area contributed by atoms with Gasteiger partial charge in [0.2, 0.25) is 17.7 Å². The molecule has 0 radical (unpaired) electrons. The van der Waals surface area contributed by atoms with Gasteiger partial charge in [0.1, 0.15) is 12.1 Å². The number of rotatable bonds is 17. The summed E-state index contributed by atoms with van der Waals surface area (Å²) < 4.78 is 0. The highest BCUT2D eigenvalue weighted by atomic mass is 16.4. The van der Waals surface area contributed by atoms with Crippen LogP contribution < -0.4 is 33.2 Å². The lowest BCUT2D eigenvalue weighted by molar-refractivity contribution is -0.142. The lowest BCUT2D eigenvalue weighted by Crippen LogP contribution is -2.54. The van der Waals surface area contributed by atoms with E-state index in [9.17, 15) is 24.3 Å². The zero-order valence-corrected chi connectivity index (χ0v) is 21.0. The van der Waals surface area contributed by atoms with Crippen LogP contribution in [0.3, 0.4) is 0 Å². The molecule has 0 bridgehead atoms. The molecule has 37 heavy (non-hydrogen) atoms. The number of amides is 3. The minimum atomic E-state index is -1.20. The minimum Gasteiger partial charge on any atom is -0.480 e. The summed E-state index contributed by atoms with van der Waals surface area (Å²) in [6.45, 7) is 0.565. The normalized spacial score (nSPS) is 13.5. The van der Waals surface area contributed by atoms with Crippen LogP contribution in [0.5, 0.6) is 0 Å². The number of fused-ring (bicyclic) bond motifs is 1. The van der Waals surface area contributed by atoms with Gasteiger partial charge in [0.05, 0.1) is 12.6 Å². The van der Waals surface area contributed by atoms with Crippen LogP contribution in [-0.2, 0) is 25.6 Å². The summed E-state index contributed by atoms with van der Waals surface area (Å²) in [7, 11) is 0. The molecule has 0 saturated heterocycles. The number of hydrogen-bond acceptors (Lipinski definition) is 7. The number of benzene rings is 1. The number of nitrogens with one attached hydrogen (secondary N) is 4. The molecule has 1 aromatic carbocycles. The molecule has 0 saturated carbocycles. The number of carboxylic acid groups (broad SMARTS) is 1. The van der Waals surface area contributed by atoms with Gasteiger partial charge in [-0.25, -0.2) is 4.79 Å². The Hall–Kier alpha value is -3.48. The minimum absolute atomic E-state index is 0.0622. The topological polar surface area (TPSA) is 218 Å². The van der Waals surface area contributed by atoms with Crippen molar-refractivity contribution in [1.82, 2.24) is 20.9 Å². The molecule has 3 atom stereocenters. The van der Waals surface area contributed by atoms with Gasteiger partial charge in [-0.3, -0.25) is 14.4 Å². The Morgan fingerprint density at radius 2 is 1.57 bits per heavy atom. The molecule has 0 aliphatic rings. The van der Waals surface area contributed by atoms with Crippen molar-refractivity contribution in [2.45, 2.75) is 63.1 Å². The summed E-state index contributed by atoms with van der Waals surface area (Å²) in [5, 5.41) is 18.2. The first-order valence-electron chi connectivity index (χ1n) is 12.6. The first-order chi connectivity index (χ1) is 17.8. The molecule has 11 N–H and O–H groups in total. The maximum Gasteiger partial charge on any atom is 0.326 e. The number of nitrogens with two attached hydrogens (primary N) is 3. The average Bonchev–Trinajstić information content (AvgIpc) is 3.29. The Labute approximate surface area is 216 Å². The van der Waals surface area contributed by atoms with Gasteiger partial charge >= 0.3 is 5.97 Å². The molecule has 3 amide bonds. The third kappa shape index (κ3) is 9.83. The van der Waals surface area contributed by atoms with Crippen LogP contribution in [0.2, 0.25) is 0 Å². The maximum absolute atomic E-state index is 13.0. The molecular formula is C25H39N7O5. The van der Waals surface area contributed by atoms with Crippen molar-refractivity contribution in [2.24, 2.45) is 17.2 Å². The Morgan fingerprint density at radius 1 is 0.892 bits per heavy atom. The summed E-state index contributed by atoms with van der Waals surface area (Å²) >= 11 is 0. The Balaban J connectivity index is 1.99. The van der Waals surface area contributed by atoms with E-state index >= 15 is 0 Å². The standard InChI is InChI=1S/C25H39N7O5/c26-11-5-3-8-18(28)23(34)30-15-22(33)31-20(10-4-6-12-27)24(35)32-21(25(36)37)13-16-14-29-19-9-2-1-7-17(16)19/h1-2,7,9,14,18,20-21,29H,3-6,8,10-13,15,26-28H2,(H,30,34)(H,31,33)(H,32,35)(H,36,37). The highest BCUT2D eigenvalue weighted by molar-refractivity contribution is 5.93. The van der Waals surface area contributed by atoms with E-state index in [0.717, 1.165) is 22.9 Å². The van der Waals surface area contributed by atoms with Gasteiger partial charge in [-0.05, 0) is 56.8 Å². The number of aromatic amines is 1. The van der Waals surface area contributed by atoms with E-state index in [1.807, 2.05) is 24.3 Å². The predicted molar refractivity (Wildman–Crippen MR) is 140 cm³/mol. The van der Waals surface area contributed by atoms with Crippen molar-refractivity contribution in [3.05, 3.63) is 36.0 Å². The molecule has 0 aliphatic heterocycles. The predicted octanol–water partition coefficient (Wildman–Crippen LogP) is -0.534. The van der Waals surface area contributed by atoms with Gasteiger partial charge < -0.3 is 43.2 Å². The van der Waals surface area contributed by atoms with Gasteiger partial charge in [0.25, 0.3) is 0 Å². The number of para-hydroxylation sites is 1. The van der Waals surface area contributed by atoms with Crippen molar-refractivity contribution in [3.63, 3.8) is 0 Å². The van der Waals surface area contributed by atoms with Crippen LogP contribution in [0.1, 0.15) is 44.1 Å². The van der Waals surface area contributed by atoms with Crippen LogP contribution in [0, 0.1) is 0 Å². The van der Waals surface area contributed by atoms with Crippen molar-refractivity contribution < 1.29 is 24.3 Å². The summed E-state index contributed by atoms with van der Waals surface area (Å²) in [5.74, 6) is -2.87. The number of unbranched alkanes of at least 4 members (excludes halogenated alkanes) is 2. The largest absolute Gasteiger partial charge is 0.480 e. The molecule has 1 aromatic heterocycles. The quantitative estimate of drug-likeness (QED) is 0.127. The second-order valence-electron chi connectivity index (χ2n) is 8.98. The summed E-state index contributed by atoms with van der Waals surface area (Å²) in [5.41, 5.74) is 18.4. The van der Waals surface area contributed by atoms with Gasteiger partial charge in [-0.1, -0.05) is 24.6 Å². The van der Waals surface area contributed by atoms with Crippen molar-refractivity contribution in [2.75, 3.05) is 19.6 Å². The first-order valence-corrected chi connectivity index (χ1v) is 12.6.